The molecule has 4 amide bonds. The molecule has 6 N–H and O–H groups in total. The Balaban J connectivity index is 0.000000207. The van der Waals surface area contributed by atoms with E-state index in [-0.39, 0.29) is 36.9 Å². The zero-order chi connectivity index (χ0) is 79.8. The van der Waals surface area contributed by atoms with Gasteiger partial charge in [-0.2, -0.15) is 0 Å². The number of ether oxygens (including phenoxy) is 5. The highest BCUT2D eigenvalue weighted by atomic mass is 32.2. The first-order valence-electron chi connectivity index (χ1n) is 35.4. The molecule has 11 rings (SSSR count). The van der Waals surface area contributed by atoms with Crippen molar-refractivity contribution in [1.29, 1.82) is 0 Å². The van der Waals surface area contributed by atoms with Gasteiger partial charge in [-0.1, -0.05) is 178 Å². The lowest BCUT2D eigenvalue weighted by atomic mass is 9.79. The Bertz CT molecular complexity index is 3890. The molecule has 1 unspecified atom stereocenters. The second-order valence-corrected chi connectivity index (χ2v) is 38.9. The number of aliphatic hydroxyl groups excluding tert-OH is 3. The number of nitrogens with one attached hydrogen (secondary N) is 2. The number of nitrogens with zero attached hydrogens (tertiary/aromatic N) is 2. The first-order valence-corrected chi connectivity index (χ1v) is 40.5. The summed E-state index contributed by atoms with van der Waals surface area (Å²) in [7, 11) is -1.30. The number of methoxy groups -OCH3 is 1. The minimum absolute atomic E-state index is 0. The summed E-state index contributed by atoms with van der Waals surface area (Å²) in [6.45, 7) is 31.9. The van der Waals surface area contributed by atoms with Gasteiger partial charge < -0.3 is 78.7 Å². The number of carboxylic acids is 1. The molecule has 6 heterocycles. The number of aliphatic hydroxyl groups is 3. The van der Waals surface area contributed by atoms with Crippen LogP contribution >= 0.6 is 36.1 Å². The summed E-state index contributed by atoms with van der Waals surface area (Å²) in [5, 5.41) is 45.1. The molecule has 598 valence electrons. The summed E-state index contributed by atoms with van der Waals surface area (Å²) in [5.74, 6) is -4.20. The number of amides is 4. The van der Waals surface area contributed by atoms with E-state index in [1.165, 1.54) is 18.9 Å². The standard InChI is InChI=1S/C25H39NO7SSi.C22H25NO5S.C20H21NO6S.C10H17NO5.CH4/c1-16(2)18(27)25-19(32-35(9,10)22(3,4)5)24(8,34-33-31-17-14-12-11-13-15-17)20(28)26(25)23(6,7)30-21(25)29;1-21(2)23-18(15-26-21)19(25-14-16-10-6-4-7-11-16)22(3,20(23)24)29-28-27-17-12-8-5-9-13-17;1-20(28-27-26-15-11-7-4-8-12-15)17(16(18(22)24-2)21-19(20)23)25-13-14-9-5-3-6-10-14;1-4(2)6(12)10(9(15)16)7(13)5(3)8(14)11-10;/h11-16,18-19,27H,1-10H3;4-13,18-19H,14-15H2,1-3H3;3-12,16-17H,13H2,1-2H3,(H,21,23);4-7,12-13H,1-3H3,(H,11,14)(H,15,16);1H4/t18-,19-,24+,25+;18?,19-,22-;16-,17+,20+;5-,6+,7+,10-;/m1010./s1. The fourth-order valence-electron chi connectivity index (χ4n) is 13.3. The van der Waals surface area contributed by atoms with Gasteiger partial charge in [0.25, 0.3) is 0 Å². The van der Waals surface area contributed by atoms with Crippen LogP contribution in [0.25, 0.3) is 0 Å². The molecule has 0 radical (unpaired) electrons. The maximum absolute atomic E-state index is 14.2. The molecule has 27 nitrogen and oxygen atoms in total. The molecular weight excluding hydrogens is 1490 g/mol. The summed E-state index contributed by atoms with van der Waals surface area (Å²) in [5.41, 5.74) is -3.73. The number of carboxylic acid groups (broad SMARTS) is 1. The van der Waals surface area contributed by atoms with Gasteiger partial charge in [0.1, 0.15) is 34.9 Å². The van der Waals surface area contributed by atoms with Crippen molar-refractivity contribution in [3.05, 3.63) is 163 Å². The van der Waals surface area contributed by atoms with Crippen molar-refractivity contribution in [2.45, 2.75) is 228 Å². The molecule has 14 atom stereocenters. The number of cyclic esters (lactones) is 1. The van der Waals surface area contributed by atoms with Crippen LogP contribution < -0.4 is 25.3 Å². The van der Waals surface area contributed by atoms with Crippen molar-refractivity contribution in [3.63, 3.8) is 0 Å². The van der Waals surface area contributed by atoms with Gasteiger partial charge >= 0.3 is 17.9 Å². The van der Waals surface area contributed by atoms with E-state index in [4.69, 9.17) is 60.9 Å². The lowest BCUT2D eigenvalue weighted by Crippen LogP contribution is -2.67. The second-order valence-electron chi connectivity index (χ2n) is 30.7. The Morgan fingerprint density at radius 2 is 1.05 bits per heavy atom. The number of carbonyl (C=O) groups is 7. The van der Waals surface area contributed by atoms with Crippen LogP contribution in [0.5, 0.6) is 17.2 Å². The van der Waals surface area contributed by atoms with Crippen molar-refractivity contribution in [3.8, 4) is 17.2 Å². The smallest absolute Gasteiger partial charge is 0.339 e. The molecule has 5 aromatic carbocycles. The van der Waals surface area contributed by atoms with Crippen LogP contribution in [-0.2, 0) is 87.9 Å². The highest BCUT2D eigenvalue weighted by molar-refractivity contribution is 7.97. The second kappa shape index (κ2) is 36.0. The summed E-state index contributed by atoms with van der Waals surface area (Å²) >= 11 is 2.59. The lowest BCUT2D eigenvalue weighted by Gasteiger charge is -2.46. The SMILES string of the molecule is C.CC(C)[C@@H](O)[C@]1(C(=O)O)NC(=O)[C@@H](C)[C@H]1O.CC(C)[C@@H](O)[C@]12C(=O)OC(C)(C)N1C(=O)[C@@](C)(SOOc1ccccc1)[C@H]2O[Si](C)(C)C(C)(C)C.CC1(C)OCC2[C@H](OCc3ccccc3)[C@](C)(SOOc3ccccc3)C(=O)N21.COC(=O)[C@@H]1NC(=O)[C@@](C)(SOOc2ccccc2)[C@H]1OCc1ccccc1. The number of rotatable bonds is 26. The van der Waals surface area contributed by atoms with Gasteiger partial charge in [0.15, 0.2) is 57.9 Å². The average Bonchev–Trinajstić information content (AvgIpc) is 1.50. The molecule has 6 saturated heterocycles. The Hall–Kier alpha value is -7.34. The Morgan fingerprint density at radius 1 is 0.624 bits per heavy atom. The van der Waals surface area contributed by atoms with Crippen LogP contribution in [0.1, 0.15) is 122 Å². The van der Waals surface area contributed by atoms with Crippen molar-refractivity contribution in [2.75, 3.05) is 13.7 Å². The van der Waals surface area contributed by atoms with E-state index in [0.717, 1.165) is 47.3 Å². The molecule has 5 aromatic rings. The highest BCUT2D eigenvalue weighted by Gasteiger charge is 2.81. The van der Waals surface area contributed by atoms with Gasteiger partial charge in [-0.25, -0.2) is 14.4 Å². The fourth-order valence-corrected chi connectivity index (χ4v) is 16.9. The summed E-state index contributed by atoms with van der Waals surface area (Å²) in [4.78, 5) is 108. The maximum Gasteiger partial charge on any atom is 0.339 e. The lowest BCUT2D eigenvalue weighted by molar-refractivity contribution is -0.159. The van der Waals surface area contributed by atoms with Crippen molar-refractivity contribution in [2.24, 2.45) is 17.8 Å². The molecule has 31 heteroatoms. The van der Waals surface area contributed by atoms with Gasteiger partial charge in [-0.3, -0.25) is 24.1 Å². The number of benzene rings is 5. The van der Waals surface area contributed by atoms with E-state index in [2.05, 4.69) is 31.4 Å². The molecule has 6 aliphatic rings. The molecule has 109 heavy (non-hydrogen) atoms. The zero-order valence-corrected chi connectivity index (χ0v) is 67.5. The largest absolute Gasteiger partial charge is 0.479 e. The van der Waals surface area contributed by atoms with E-state index in [0.29, 0.717) is 30.5 Å². The number of esters is 2. The van der Waals surface area contributed by atoms with Gasteiger partial charge in [0.05, 0.1) is 87.2 Å². The Morgan fingerprint density at radius 3 is 1.45 bits per heavy atom. The first-order chi connectivity index (χ1) is 50.6. The van der Waals surface area contributed by atoms with Crippen LogP contribution in [0, 0.1) is 17.8 Å². The monoisotopic (exact) mass is 1590 g/mol. The molecule has 6 aliphatic heterocycles. The van der Waals surface area contributed by atoms with Crippen molar-refractivity contribution in [1.82, 2.24) is 20.4 Å². The van der Waals surface area contributed by atoms with Gasteiger partial charge in [0, 0.05) is 0 Å². The van der Waals surface area contributed by atoms with Crippen LogP contribution in [0.4, 0.5) is 0 Å². The van der Waals surface area contributed by atoms with Crippen molar-refractivity contribution >= 4 is 86.0 Å². The van der Waals surface area contributed by atoms with Crippen LogP contribution in [0.3, 0.4) is 0 Å². The first kappa shape index (κ1) is 88.9. The fraction of sp³-hybridized carbons (Fsp3) is 0.526. The molecule has 0 spiro atoms. The summed E-state index contributed by atoms with van der Waals surface area (Å²) in [6.07, 6.45) is -6.30. The van der Waals surface area contributed by atoms with E-state index in [9.17, 15) is 48.9 Å². The maximum atomic E-state index is 14.2. The number of hydrogen-bond acceptors (Lipinski definition) is 25. The number of hydrogen-bond donors (Lipinski definition) is 6. The van der Waals surface area contributed by atoms with Crippen LogP contribution in [-0.4, -0.2) is 179 Å². The number of fused-ring (bicyclic) bond motifs is 2. The van der Waals surface area contributed by atoms with E-state index < -0.39 is 135 Å². The normalized spacial score (nSPS) is 28.3. The third kappa shape index (κ3) is 18.6. The predicted octanol–water partition coefficient (Wildman–Crippen LogP) is 10.9. The molecular formula is C78H106N4O23S3Si. The topological polar surface area (TPSA) is 342 Å². The predicted molar refractivity (Wildman–Crippen MR) is 411 cm³/mol. The minimum atomic E-state index is -2.56. The summed E-state index contributed by atoms with van der Waals surface area (Å²) < 4.78 is 48.2. The Kier molecular flexibility index (Phi) is 29.3. The third-order valence-corrected chi connectivity index (χ3v) is 27.5. The molecule has 0 aliphatic carbocycles. The van der Waals surface area contributed by atoms with Crippen LogP contribution in [0.15, 0.2) is 152 Å². The highest BCUT2D eigenvalue weighted by Crippen LogP contribution is 2.58. The van der Waals surface area contributed by atoms with E-state index in [1.54, 1.807) is 107 Å². The summed E-state index contributed by atoms with van der Waals surface area (Å²) in [6, 6.07) is 45.2. The van der Waals surface area contributed by atoms with E-state index in [1.807, 2.05) is 139 Å². The molecule has 0 saturated carbocycles. The number of para-hydroxylation sites is 3. The average molecular weight is 1590 g/mol. The quantitative estimate of drug-likeness (QED) is 0.00985. The number of aliphatic carboxylic acids is 1. The van der Waals surface area contributed by atoms with Gasteiger partial charge in [-0.15, -0.1) is 13.0 Å². The molecule has 0 aromatic heterocycles. The Labute approximate surface area is 652 Å². The van der Waals surface area contributed by atoms with E-state index >= 15 is 0 Å². The van der Waals surface area contributed by atoms with Crippen molar-refractivity contribution < 1.29 is 110 Å². The van der Waals surface area contributed by atoms with Crippen LogP contribution in [0.2, 0.25) is 18.1 Å². The third-order valence-electron chi connectivity index (χ3n) is 20.4. The molecule has 0 bridgehead atoms. The zero-order valence-electron chi connectivity index (χ0n) is 64.1. The van der Waals surface area contributed by atoms with Gasteiger partial charge in [-0.05, 0) is 126 Å². The number of carbonyl (C=O) groups excluding carboxylic acids is 6. The minimum Gasteiger partial charge on any atom is -0.479 e. The van der Waals surface area contributed by atoms with Gasteiger partial charge in [0.2, 0.25) is 23.6 Å². The molecule has 6 fully saturated rings.